The van der Waals surface area contributed by atoms with Crippen molar-refractivity contribution in [2.24, 2.45) is 5.92 Å². The highest BCUT2D eigenvalue weighted by molar-refractivity contribution is 5.82. The zero-order chi connectivity index (χ0) is 22.9. The van der Waals surface area contributed by atoms with Crippen LogP contribution in [0.3, 0.4) is 0 Å². The average Bonchev–Trinajstić information content (AvgIpc) is 2.74. The summed E-state index contributed by atoms with van der Waals surface area (Å²) in [6.07, 6.45) is 0.872. The number of carbonyl (C=O) groups is 3. The molecule has 1 aromatic carbocycles. The smallest absolute Gasteiger partial charge is 0.407 e. The summed E-state index contributed by atoms with van der Waals surface area (Å²) in [5.41, 5.74) is -0.211. The van der Waals surface area contributed by atoms with E-state index in [0.29, 0.717) is 30.8 Å². The minimum Gasteiger partial charge on any atom is -0.482 e. The number of hydrogen-bond donors (Lipinski definition) is 2. The van der Waals surface area contributed by atoms with E-state index in [4.69, 9.17) is 14.7 Å². The summed E-state index contributed by atoms with van der Waals surface area (Å²) in [6, 6.07) is 8.75. The van der Waals surface area contributed by atoms with Gasteiger partial charge in [0.25, 0.3) is 5.91 Å². The highest BCUT2D eigenvalue weighted by Gasteiger charge is 2.28. The summed E-state index contributed by atoms with van der Waals surface area (Å²) in [4.78, 5) is 38.2. The third-order valence-electron chi connectivity index (χ3n) is 4.60. The number of likely N-dealkylation sites (tertiary alicyclic amines) is 1. The zero-order valence-corrected chi connectivity index (χ0v) is 18.3. The number of ether oxygens (including phenoxy) is 2. The first-order valence-electron chi connectivity index (χ1n) is 10.3. The molecule has 9 heteroatoms. The summed E-state index contributed by atoms with van der Waals surface area (Å²) in [6.45, 7) is 6.54. The van der Waals surface area contributed by atoms with Crippen molar-refractivity contribution in [2.75, 3.05) is 32.8 Å². The van der Waals surface area contributed by atoms with Gasteiger partial charge in [-0.1, -0.05) is 12.1 Å². The van der Waals surface area contributed by atoms with Crippen LogP contribution in [0.5, 0.6) is 5.75 Å². The number of hydrogen-bond acceptors (Lipinski definition) is 6. The molecule has 1 heterocycles. The Balaban J connectivity index is 1.74. The lowest BCUT2D eigenvalue weighted by atomic mass is 9.97. The first kappa shape index (κ1) is 24.0. The maximum absolute atomic E-state index is 12.5. The van der Waals surface area contributed by atoms with Crippen molar-refractivity contribution in [1.82, 2.24) is 15.5 Å². The lowest BCUT2D eigenvalue weighted by Gasteiger charge is -2.32. The zero-order valence-electron chi connectivity index (χ0n) is 18.3. The minimum atomic E-state index is -0.578. The molecule has 1 saturated heterocycles. The van der Waals surface area contributed by atoms with Gasteiger partial charge in [-0.25, -0.2) is 4.79 Å². The van der Waals surface area contributed by atoms with Crippen molar-refractivity contribution < 1.29 is 23.9 Å². The highest BCUT2D eigenvalue weighted by Crippen LogP contribution is 2.19. The van der Waals surface area contributed by atoms with Crippen LogP contribution < -0.4 is 15.4 Å². The number of nitrogens with one attached hydrogen (secondary N) is 2. The summed E-state index contributed by atoms with van der Waals surface area (Å²) in [5.74, 6) is -0.330. The maximum Gasteiger partial charge on any atom is 0.407 e. The number of benzene rings is 1. The van der Waals surface area contributed by atoms with Crippen molar-refractivity contribution >= 4 is 17.9 Å². The standard InChI is InChI=1S/C22H30N4O5/c1-22(2,3)31-21(29)25-11-10-24-20(28)17-8-6-12-26(14-17)19(27)15-30-18-9-5-4-7-16(18)13-23/h4-5,7,9,17H,6,8,10-12,14-15H2,1-3H3,(H,24,28)(H,25,29). The lowest BCUT2D eigenvalue weighted by Crippen LogP contribution is -2.47. The van der Waals surface area contributed by atoms with Gasteiger partial charge in [0.2, 0.25) is 5.91 Å². The molecule has 1 aromatic rings. The van der Waals surface area contributed by atoms with Crippen LogP contribution in [0.25, 0.3) is 0 Å². The van der Waals surface area contributed by atoms with Crippen LogP contribution in [0, 0.1) is 17.2 Å². The van der Waals surface area contributed by atoms with Gasteiger partial charge in [-0.15, -0.1) is 0 Å². The van der Waals surface area contributed by atoms with Crippen molar-refractivity contribution in [3.8, 4) is 11.8 Å². The number of nitrogens with zero attached hydrogens (tertiary/aromatic N) is 2. The molecule has 0 spiro atoms. The van der Waals surface area contributed by atoms with Crippen molar-refractivity contribution in [2.45, 2.75) is 39.2 Å². The van der Waals surface area contributed by atoms with E-state index in [1.807, 2.05) is 6.07 Å². The molecule has 1 atom stereocenters. The van der Waals surface area contributed by atoms with E-state index in [1.165, 1.54) is 0 Å². The molecule has 1 aliphatic heterocycles. The Hall–Kier alpha value is -3.28. The third-order valence-corrected chi connectivity index (χ3v) is 4.60. The fraction of sp³-hybridized carbons (Fsp3) is 0.545. The van der Waals surface area contributed by atoms with E-state index in [1.54, 1.807) is 49.9 Å². The Kier molecular flexibility index (Phi) is 8.67. The summed E-state index contributed by atoms with van der Waals surface area (Å²) in [7, 11) is 0. The third kappa shape index (κ3) is 8.16. The van der Waals surface area contributed by atoms with E-state index in [9.17, 15) is 14.4 Å². The topological polar surface area (TPSA) is 121 Å². The minimum absolute atomic E-state index is 0.153. The molecule has 2 N–H and O–H groups in total. The number of alkyl carbamates (subject to hydrolysis) is 1. The van der Waals surface area contributed by atoms with Crippen molar-refractivity contribution in [3.63, 3.8) is 0 Å². The van der Waals surface area contributed by atoms with Gasteiger partial charge >= 0.3 is 6.09 Å². The number of para-hydroxylation sites is 1. The predicted octanol–water partition coefficient (Wildman–Crippen LogP) is 1.82. The monoisotopic (exact) mass is 430 g/mol. The van der Waals surface area contributed by atoms with E-state index >= 15 is 0 Å². The van der Waals surface area contributed by atoms with E-state index < -0.39 is 11.7 Å². The molecule has 0 saturated carbocycles. The fourth-order valence-electron chi connectivity index (χ4n) is 3.14. The molecule has 168 valence electrons. The summed E-state index contributed by atoms with van der Waals surface area (Å²) >= 11 is 0. The van der Waals surface area contributed by atoms with Crippen LogP contribution in [0.2, 0.25) is 0 Å². The van der Waals surface area contributed by atoms with E-state index in [-0.39, 0.29) is 37.4 Å². The Labute approximate surface area is 182 Å². The fourth-order valence-corrected chi connectivity index (χ4v) is 3.14. The van der Waals surface area contributed by atoms with Gasteiger partial charge in [0.05, 0.1) is 11.5 Å². The van der Waals surface area contributed by atoms with Crippen molar-refractivity contribution in [3.05, 3.63) is 29.8 Å². The van der Waals surface area contributed by atoms with Gasteiger partial charge in [0.15, 0.2) is 6.61 Å². The molecule has 1 unspecified atom stereocenters. The molecular weight excluding hydrogens is 400 g/mol. The number of rotatable bonds is 7. The number of amides is 3. The Morgan fingerprint density at radius 3 is 2.61 bits per heavy atom. The molecule has 0 aliphatic carbocycles. The molecular formula is C22H30N4O5. The molecule has 1 aliphatic rings. The van der Waals surface area contributed by atoms with Crippen molar-refractivity contribution in [1.29, 1.82) is 5.26 Å². The van der Waals surface area contributed by atoms with E-state index in [2.05, 4.69) is 10.6 Å². The van der Waals surface area contributed by atoms with Gasteiger partial charge in [0.1, 0.15) is 17.4 Å². The average molecular weight is 431 g/mol. The van der Waals surface area contributed by atoms with Crippen LogP contribution in [0.4, 0.5) is 4.79 Å². The molecule has 1 fully saturated rings. The second kappa shape index (κ2) is 11.2. The van der Waals surface area contributed by atoms with E-state index in [0.717, 1.165) is 6.42 Å². The van der Waals surface area contributed by atoms with Crippen LogP contribution in [0.1, 0.15) is 39.2 Å². The normalized spacial score (nSPS) is 16.1. The number of carbonyl (C=O) groups excluding carboxylic acids is 3. The largest absolute Gasteiger partial charge is 0.482 e. The van der Waals surface area contributed by atoms with Gasteiger partial charge < -0.3 is 25.0 Å². The van der Waals surface area contributed by atoms with Gasteiger partial charge in [-0.05, 0) is 45.7 Å². The van der Waals surface area contributed by atoms with Gasteiger partial charge in [0, 0.05) is 26.2 Å². The lowest BCUT2D eigenvalue weighted by molar-refractivity contribution is -0.137. The Morgan fingerprint density at radius 2 is 1.90 bits per heavy atom. The quantitative estimate of drug-likeness (QED) is 0.637. The van der Waals surface area contributed by atoms with Crippen LogP contribution in [0.15, 0.2) is 24.3 Å². The first-order chi connectivity index (χ1) is 14.7. The van der Waals surface area contributed by atoms with Crippen LogP contribution in [-0.2, 0) is 14.3 Å². The van der Waals surface area contributed by atoms with Gasteiger partial charge in [-0.2, -0.15) is 5.26 Å². The van der Waals surface area contributed by atoms with Crippen LogP contribution >= 0.6 is 0 Å². The summed E-state index contributed by atoms with van der Waals surface area (Å²) in [5, 5.41) is 14.5. The highest BCUT2D eigenvalue weighted by atomic mass is 16.6. The molecule has 3 amide bonds. The molecule has 31 heavy (non-hydrogen) atoms. The Morgan fingerprint density at radius 1 is 1.19 bits per heavy atom. The summed E-state index contributed by atoms with van der Waals surface area (Å²) < 4.78 is 10.6. The SMILES string of the molecule is CC(C)(C)OC(=O)NCCNC(=O)C1CCCN(C(=O)COc2ccccc2C#N)C1. The van der Waals surface area contributed by atoms with Crippen LogP contribution in [-0.4, -0.2) is 61.2 Å². The maximum atomic E-state index is 12.5. The number of nitriles is 1. The Bertz CT molecular complexity index is 828. The number of piperidine rings is 1. The molecule has 9 nitrogen and oxygen atoms in total. The first-order valence-corrected chi connectivity index (χ1v) is 10.3. The molecule has 0 radical (unpaired) electrons. The molecule has 0 bridgehead atoms. The van der Waals surface area contributed by atoms with Gasteiger partial charge in [-0.3, -0.25) is 9.59 Å². The molecule has 2 rings (SSSR count). The predicted molar refractivity (Wildman–Crippen MR) is 113 cm³/mol. The second-order valence-electron chi connectivity index (χ2n) is 8.30. The molecule has 0 aromatic heterocycles. The second-order valence-corrected chi connectivity index (χ2v) is 8.30.